The number of benzene rings is 2. The molecule has 10 nitrogen and oxygen atoms in total. The minimum Gasteiger partial charge on any atom is -0.478 e. The summed E-state index contributed by atoms with van der Waals surface area (Å²) in [6.07, 6.45) is 2.55. The number of nitrogens with zero attached hydrogens (tertiary/aromatic N) is 3. The fourth-order valence-corrected chi connectivity index (χ4v) is 5.72. The SMILES string of the molecule is Cc1cccc(C)c1-c1cc(OC[C@@H](CC(C)(C)C)NCc2ccccn2)nc(NS(=O)(=O)c2cccc(C(=O)O)c2)n1.Cl. The van der Waals surface area contributed by atoms with Gasteiger partial charge in [0.05, 0.1) is 21.8 Å². The van der Waals surface area contributed by atoms with E-state index >= 15 is 0 Å². The van der Waals surface area contributed by atoms with Crippen LogP contribution in [-0.2, 0) is 16.6 Å². The zero-order valence-electron chi connectivity index (χ0n) is 25.4. The number of anilines is 1. The maximum absolute atomic E-state index is 13.3. The molecule has 2 heterocycles. The average Bonchev–Trinajstić information content (AvgIpc) is 2.94. The predicted octanol–water partition coefficient (Wildman–Crippen LogP) is 6.05. The standard InChI is InChI=1S/C32H37N5O5S.ClH/c1-21-10-8-11-22(2)29(21)27-17-28(42-20-25(18-32(3,4)5)34-19-24-13-6-7-15-33-24)36-31(35-27)37-43(40,41)26-14-9-12-23(16-26)30(38)39;/h6-17,25,34H,18-20H2,1-5H3,(H,38,39)(H,35,36,37);1H/t25-;/m1./s1. The second-order valence-corrected chi connectivity index (χ2v) is 13.3. The van der Waals surface area contributed by atoms with Crippen molar-refractivity contribution in [2.45, 2.75) is 58.5 Å². The number of ether oxygens (including phenoxy) is 1. The van der Waals surface area contributed by atoms with Crippen LogP contribution in [-0.4, -0.2) is 47.1 Å². The van der Waals surface area contributed by atoms with Gasteiger partial charge in [0.15, 0.2) is 0 Å². The average molecular weight is 640 g/mol. The largest absolute Gasteiger partial charge is 0.478 e. The molecule has 3 N–H and O–H groups in total. The number of aromatic nitrogens is 3. The van der Waals surface area contributed by atoms with Gasteiger partial charge in [0.1, 0.15) is 6.61 Å². The number of carboxylic acid groups (broad SMARTS) is 1. The maximum Gasteiger partial charge on any atom is 0.335 e. The first-order valence-corrected chi connectivity index (χ1v) is 15.4. The molecule has 0 radical (unpaired) electrons. The zero-order valence-corrected chi connectivity index (χ0v) is 27.0. The molecule has 4 rings (SSSR count). The number of aryl methyl sites for hydroxylation is 2. The number of nitrogens with one attached hydrogen (secondary N) is 2. The highest BCUT2D eigenvalue weighted by Crippen LogP contribution is 2.30. The van der Waals surface area contributed by atoms with Gasteiger partial charge in [0, 0.05) is 30.4 Å². The lowest BCUT2D eigenvalue weighted by Gasteiger charge is -2.27. The van der Waals surface area contributed by atoms with Crippen molar-refractivity contribution < 1.29 is 23.1 Å². The molecule has 0 aliphatic rings. The summed E-state index contributed by atoms with van der Waals surface area (Å²) in [6.45, 7) is 11.2. The van der Waals surface area contributed by atoms with Crippen molar-refractivity contribution in [1.29, 1.82) is 0 Å². The molecule has 44 heavy (non-hydrogen) atoms. The minimum atomic E-state index is -4.21. The normalized spacial score (nSPS) is 12.2. The van der Waals surface area contributed by atoms with Gasteiger partial charge < -0.3 is 15.2 Å². The number of sulfonamides is 1. The Hall–Kier alpha value is -4.06. The summed E-state index contributed by atoms with van der Waals surface area (Å²) in [5.74, 6) is -1.23. The molecular weight excluding hydrogens is 602 g/mol. The number of rotatable bonds is 12. The Labute approximate surface area is 264 Å². The molecule has 2 aromatic heterocycles. The summed E-state index contributed by atoms with van der Waals surface area (Å²) in [6, 6.07) is 18.3. The molecule has 0 unspecified atom stereocenters. The van der Waals surface area contributed by atoms with Gasteiger partial charge in [-0.1, -0.05) is 51.1 Å². The summed E-state index contributed by atoms with van der Waals surface area (Å²) >= 11 is 0. The Kier molecular flexibility index (Phi) is 11.4. The molecule has 0 aliphatic carbocycles. The van der Waals surface area contributed by atoms with Crippen LogP contribution in [0.2, 0.25) is 0 Å². The smallest absolute Gasteiger partial charge is 0.335 e. The van der Waals surface area contributed by atoms with Crippen LogP contribution in [0.15, 0.2) is 77.8 Å². The number of halogens is 1. The molecular formula is C32H38ClN5O5S. The van der Waals surface area contributed by atoms with Crippen LogP contribution in [0.1, 0.15) is 54.4 Å². The van der Waals surface area contributed by atoms with Gasteiger partial charge in [0.25, 0.3) is 10.0 Å². The van der Waals surface area contributed by atoms with Crippen molar-refractivity contribution in [3.8, 4) is 17.1 Å². The number of carboxylic acids is 1. The highest BCUT2D eigenvalue weighted by atomic mass is 35.5. The Morgan fingerprint density at radius 1 is 0.977 bits per heavy atom. The first-order valence-electron chi connectivity index (χ1n) is 13.9. The molecule has 0 fully saturated rings. The van der Waals surface area contributed by atoms with Crippen LogP contribution in [0, 0.1) is 19.3 Å². The lowest BCUT2D eigenvalue weighted by atomic mass is 9.88. The molecule has 234 valence electrons. The highest BCUT2D eigenvalue weighted by molar-refractivity contribution is 7.92. The van der Waals surface area contributed by atoms with E-state index in [4.69, 9.17) is 4.74 Å². The molecule has 1 atom stereocenters. The van der Waals surface area contributed by atoms with E-state index in [2.05, 4.69) is 45.8 Å². The fraction of sp³-hybridized carbons (Fsp3) is 0.312. The number of hydrogen-bond donors (Lipinski definition) is 3. The van der Waals surface area contributed by atoms with Crippen molar-refractivity contribution in [2.24, 2.45) is 5.41 Å². The van der Waals surface area contributed by atoms with Gasteiger partial charge in [-0.05, 0) is 67.1 Å². The summed E-state index contributed by atoms with van der Waals surface area (Å²) in [5, 5.41) is 12.9. The Morgan fingerprint density at radius 3 is 2.32 bits per heavy atom. The summed E-state index contributed by atoms with van der Waals surface area (Å²) < 4.78 is 35.2. The third kappa shape index (κ3) is 9.47. The van der Waals surface area contributed by atoms with Crippen LogP contribution in [0.3, 0.4) is 0 Å². The van der Waals surface area contributed by atoms with Gasteiger partial charge in [-0.25, -0.2) is 22.9 Å². The highest BCUT2D eigenvalue weighted by Gasteiger charge is 2.22. The van der Waals surface area contributed by atoms with Gasteiger partial charge in [-0.3, -0.25) is 4.98 Å². The first-order chi connectivity index (χ1) is 20.3. The van der Waals surface area contributed by atoms with Crippen LogP contribution in [0.5, 0.6) is 5.88 Å². The van der Waals surface area contributed by atoms with Gasteiger partial charge in [0.2, 0.25) is 11.8 Å². The molecule has 0 saturated heterocycles. The fourth-order valence-electron chi connectivity index (χ4n) is 4.73. The topological polar surface area (TPSA) is 143 Å². The molecule has 0 amide bonds. The quantitative estimate of drug-likeness (QED) is 0.169. The van der Waals surface area contributed by atoms with Crippen LogP contribution >= 0.6 is 12.4 Å². The molecule has 0 bridgehead atoms. The van der Waals surface area contributed by atoms with Gasteiger partial charge >= 0.3 is 5.97 Å². The summed E-state index contributed by atoms with van der Waals surface area (Å²) in [7, 11) is -4.21. The van der Waals surface area contributed by atoms with Crippen molar-refractivity contribution in [2.75, 3.05) is 11.3 Å². The minimum absolute atomic E-state index is 0. The van der Waals surface area contributed by atoms with E-state index in [1.165, 1.54) is 18.2 Å². The molecule has 12 heteroatoms. The number of aromatic carboxylic acids is 1. The zero-order chi connectivity index (χ0) is 31.2. The van der Waals surface area contributed by atoms with E-state index in [0.29, 0.717) is 12.2 Å². The van der Waals surface area contributed by atoms with Crippen molar-refractivity contribution >= 4 is 34.3 Å². The molecule has 4 aromatic rings. The molecule has 0 saturated carbocycles. The van der Waals surface area contributed by atoms with Crippen molar-refractivity contribution in [1.82, 2.24) is 20.3 Å². The van der Waals surface area contributed by atoms with Crippen molar-refractivity contribution in [3.05, 3.63) is 95.3 Å². The third-order valence-electron chi connectivity index (χ3n) is 6.65. The third-order valence-corrected chi connectivity index (χ3v) is 7.97. The van der Waals surface area contributed by atoms with Crippen molar-refractivity contribution in [3.63, 3.8) is 0 Å². The second kappa shape index (κ2) is 14.6. The Morgan fingerprint density at radius 2 is 1.68 bits per heavy atom. The van der Waals surface area contributed by atoms with E-state index in [9.17, 15) is 18.3 Å². The lowest BCUT2D eigenvalue weighted by molar-refractivity contribution is 0.0696. The molecule has 0 spiro atoms. The monoisotopic (exact) mass is 639 g/mol. The summed E-state index contributed by atoms with van der Waals surface area (Å²) in [4.78, 5) is 24.5. The molecule has 2 aromatic carbocycles. The number of hydrogen-bond acceptors (Lipinski definition) is 8. The summed E-state index contributed by atoms with van der Waals surface area (Å²) in [5.41, 5.74) is 4.00. The Balaban J connectivity index is 0.00000529. The molecule has 0 aliphatic heterocycles. The first kappa shape index (κ1) is 34.4. The van der Waals surface area contributed by atoms with Gasteiger partial charge in [-0.15, -0.1) is 12.4 Å². The van der Waals surface area contributed by atoms with E-state index in [1.54, 1.807) is 12.3 Å². The predicted molar refractivity (Wildman–Crippen MR) is 173 cm³/mol. The van der Waals surface area contributed by atoms with Crippen LogP contribution < -0.4 is 14.8 Å². The lowest BCUT2D eigenvalue weighted by Crippen LogP contribution is -2.37. The second-order valence-electron chi connectivity index (χ2n) is 11.6. The van der Waals surface area contributed by atoms with E-state index in [1.807, 2.05) is 50.2 Å². The van der Waals surface area contributed by atoms with E-state index in [0.717, 1.165) is 34.9 Å². The number of pyridine rings is 1. The van der Waals surface area contributed by atoms with Crippen LogP contribution in [0.25, 0.3) is 11.3 Å². The maximum atomic E-state index is 13.3. The van der Waals surface area contributed by atoms with E-state index < -0.39 is 16.0 Å². The van der Waals surface area contributed by atoms with Crippen LogP contribution in [0.4, 0.5) is 5.95 Å². The number of carbonyl (C=O) groups is 1. The Bertz CT molecular complexity index is 1680. The van der Waals surface area contributed by atoms with Gasteiger partial charge in [-0.2, -0.15) is 4.98 Å². The van der Waals surface area contributed by atoms with E-state index in [-0.39, 0.29) is 52.8 Å².